The van der Waals surface area contributed by atoms with Crippen molar-refractivity contribution in [1.82, 2.24) is 5.32 Å². The van der Waals surface area contributed by atoms with Crippen LogP contribution in [-0.4, -0.2) is 27.1 Å². The van der Waals surface area contributed by atoms with Crippen molar-refractivity contribution in [2.45, 2.75) is 0 Å². The van der Waals surface area contributed by atoms with Crippen molar-refractivity contribution in [1.29, 1.82) is 0 Å². The molecule has 0 saturated heterocycles. The zero-order valence-electron chi connectivity index (χ0n) is 12.5. The Hall–Kier alpha value is -2.69. The summed E-state index contributed by atoms with van der Waals surface area (Å²) < 4.78 is 0. The largest absolute Gasteiger partial charge is 0.397 e. The SMILES string of the molecule is CNC(=O)c1ccc(N)c(Nc2ccccc2N(C)C)c1. The normalized spacial score (nSPS) is 10.0. The zero-order valence-corrected chi connectivity index (χ0v) is 12.5. The number of nitrogens with one attached hydrogen (secondary N) is 2. The van der Waals surface area contributed by atoms with Gasteiger partial charge in [0.1, 0.15) is 0 Å². The summed E-state index contributed by atoms with van der Waals surface area (Å²) in [5.41, 5.74) is 9.85. The Morgan fingerprint density at radius 1 is 1.10 bits per heavy atom. The van der Waals surface area contributed by atoms with Crippen molar-refractivity contribution in [3.05, 3.63) is 48.0 Å². The molecule has 2 aromatic rings. The van der Waals surface area contributed by atoms with E-state index in [1.807, 2.05) is 43.3 Å². The summed E-state index contributed by atoms with van der Waals surface area (Å²) in [5, 5.41) is 5.90. The molecule has 0 aliphatic heterocycles. The van der Waals surface area contributed by atoms with Crippen LogP contribution in [0.3, 0.4) is 0 Å². The lowest BCUT2D eigenvalue weighted by atomic mass is 10.1. The highest BCUT2D eigenvalue weighted by atomic mass is 16.1. The number of para-hydroxylation sites is 2. The predicted octanol–water partition coefficient (Wildman–Crippen LogP) is 2.44. The smallest absolute Gasteiger partial charge is 0.251 e. The lowest BCUT2D eigenvalue weighted by Crippen LogP contribution is -2.18. The van der Waals surface area contributed by atoms with Gasteiger partial charge >= 0.3 is 0 Å². The van der Waals surface area contributed by atoms with Gasteiger partial charge in [0.2, 0.25) is 0 Å². The van der Waals surface area contributed by atoms with Crippen LogP contribution >= 0.6 is 0 Å². The van der Waals surface area contributed by atoms with Crippen LogP contribution in [0.15, 0.2) is 42.5 Å². The molecule has 1 amide bonds. The molecule has 0 bridgehead atoms. The minimum Gasteiger partial charge on any atom is -0.397 e. The van der Waals surface area contributed by atoms with Crippen molar-refractivity contribution >= 4 is 28.7 Å². The molecule has 0 unspecified atom stereocenters. The van der Waals surface area contributed by atoms with Crippen LogP contribution in [0.4, 0.5) is 22.7 Å². The summed E-state index contributed by atoms with van der Waals surface area (Å²) in [6.45, 7) is 0. The van der Waals surface area contributed by atoms with Gasteiger partial charge < -0.3 is 21.3 Å². The molecule has 110 valence electrons. The molecule has 0 aromatic heterocycles. The van der Waals surface area contributed by atoms with Crippen molar-refractivity contribution < 1.29 is 4.79 Å². The first-order valence-electron chi connectivity index (χ1n) is 6.68. The van der Waals surface area contributed by atoms with E-state index in [-0.39, 0.29) is 5.91 Å². The zero-order chi connectivity index (χ0) is 15.4. The highest BCUT2D eigenvalue weighted by molar-refractivity contribution is 5.96. The van der Waals surface area contributed by atoms with Crippen LogP contribution in [-0.2, 0) is 0 Å². The van der Waals surface area contributed by atoms with Gasteiger partial charge in [0.05, 0.1) is 22.7 Å². The van der Waals surface area contributed by atoms with Crippen LogP contribution < -0.4 is 21.3 Å². The van der Waals surface area contributed by atoms with Gasteiger partial charge in [-0.15, -0.1) is 0 Å². The van der Waals surface area contributed by atoms with Gasteiger partial charge in [0, 0.05) is 26.7 Å². The van der Waals surface area contributed by atoms with Gasteiger partial charge in [-0.05, 0) is 30.3 Å². The van der Waals surface area contributed by atoms with Crippen LogP contribution in [0.25, 0.3) is 0 Å². The van der Waals surface area contributed by atoms with E-state index < -0.39 is 0 Å². The molecule has 0 fully saturated rings. The second-order valence-electron chi connectivity index (χ2n) is 4.92. The number of amides is 1. The fourth-order valence-corrected chi connectivity index (χ4v) is 2.06. The van der Waals surface area contributed by atoms with Crippen LogP contribution in [0.2, 0.25) is 0 Å². The Kier molecular flexibility index (Phi) is 4.33. The van der Waals surface area contributed by atoms with E-state index in [1.165, 1.54) is 0 Å². The molecular formula is C16H20N4O. The van der Waals surface area contributed by atoms with Gasteiger partial charge in [-0.2, -0.15) is 0 Å². The highest BCUT2D eigenvalue weighted by Gasteiger charge is 2.09. The molecule has 0 heterocycles. The summed E-state index contributed by atoms with van der Waals surface area (Å²) in [6, 6.07) is 13.1. The molecule has 5 nitrogen and oxygen atoms in total. The summed E-state index contributed by atoms with van der Waals surface area (Å²) in [7, 11) is 5.56. The molecule has 0 atom stereocenters. The molecule has 0 aliphatic rings. The minimum absolute atomic E-state index is 0.140. The second kappa shape index (κ2) is 6.17. The fraction of sp³-hybridized carbons (Fsp3) is 0.188. The summed E-state index contributed by atoms with van der Waals surface area (Å²) in [5.74, 6) is -0.140. The van der Waals surface area contributed by atoms with Crippen molar-refractivity contribution in [2.24, 2.45) is 0 Å². The highest BCUT2D eigenvalue weighted by Crippen LogP contribution is 2.30. The van der Waals surface area contributed by atoms with E-state index in [0.717, 1.165) is 11.4 Å². The topological polar surface area (TPSA) is 70.4 Å². The average Bonchev–Trinajstić information content (AvgIpc) is 2.49. The number of nitrogens with two attached hydrogens (primary N) is 1. The third kappa shape index (κ3) is 3.25. The van der Waals surface area contributed by atoms with Gasteiger partial charge in [0.25, 0.3) is 5.91 Å². The maximum Gasteiger partial charge on any atom is 0.251 e. The number of hydrogen-bond acceptors (Lipinski definition) is 4. The molecule has 4 N–H and O–H groups in total. The number of hydrogen-bond donors (Lipinski definition) is 3. The molecule has 0 spiro atoms. The number of anilines is 4. The Labute approximate surface area is 124 Å². The standard InChI is InChI=1S/C16H20N4O/c1-18-16(21)11-8-9-12(17)14(10-11)19-13-6-4-5-7-15(13)20(2)3/h4-10,19H,17H2,1-3H3,(H,18,21). The molecular weight excluding hydrogens is 264 g/mol. The molecule has 0 saturated carbocycles. The van der Waals surface area contributed by atoms with Crippen molar-refractivity contribution in [2.75, 3.05) is 37.1 Å². The van der Waals surface area contributed by atoms with E-state index in [2.05, 4.69) is 10.6 Å². The number of nitrogen functional groups attached to an aromatic ring is 1. The lowest BCUT2D eigenvalue weighted by Gasteiger charge is -2.19. The fourth-order valence-electron chi connectivity index (χ4n) is 2.06. The summed E-state index contributed by atoms with van der Waals surface area (Å²) in [6.07, 6.45) is 0. The van der Waals surface area contributed by atoms with Crippen molar-refractivity contribution in [3.8, 4) is 0 Å². The van der Waals surface area contributed by atoms with Crippen LogP contribution in [0, 0.1) is 0 Å². The summed E-state index contributed by atoms with van der Waals surface area (Å²) >= 11 is 0. The first-order valence-corrected chi connectivity index (χ1v) is 6.68. The average molecular weight is 284 g/mol. The van der Waals surface area contributed by atoms with Gasteiger partial charge in [-0.3, -0.25) is 4.79 Å². The lowest BCUT2D eigenvalue weighted by molar-refractivity contribution is 0.0963. The number of nitrogens with zero attached hydrogens (tertiary/aromatic N) is 1. The summed E-state index contributed by atoms with van der Waals surface area (Å²) in [4.78, 5) is 13.7. The maximum absolute atomic E-state index is 11.7. The molecule has 2 aromatic carbocycles. The molecule has 0 aliphatic carbocycles. The van der Waals surface area contributed by atoms with Crippen molar-refractivity contribution in [3.63, 3.8) is 0 Å². The predicted molar refractivity (Wildman–Crippen MR) is 88.3 cm³/mol. The minimum atomic E-state index is -0.140. The first kappa shape index (κ1) is 14.7. The third-order valence-corrected chi connectivity index (χ3v) is 3.20. The van der Waals surface area contributed by atoms with E-state index in [4.69, 9.17) is 5.73 Å². The van der Waals surface area contributed by atoms with Gasteiger partial charge in [0.15, 0.2) is 0 Å². The molecule has 0 radical (unpaired) electrons. The Balaban J connectivity index is 2.38. The Bertz CT molecular complexity index is 652. The van der Waals surface area contributed by atoms with Gasteiger partial charge in [-0.1, -0.05) is 12.1 Å². The van der Waals surface area contributed by atoms with E-state index in [0.29, 0.717) is 16.9 Å². The maximum atomic E-state index is 11.7. The number of carbonyl (C=O) groups is 1. The monoisotopic (exact) mass is 284 g/mol. The quantitative estimate of drug-likeness (QED) is 0.754. The molecule has 2 rings (SSSR count). The third-order valence-electron chi connectivity index (χ3n) is 3.20. The number of carbonyl (C=O) groups excluding carboxylic acids is 1. The second-order valence-corrected chi connectivity index (χ2v) is 4.92. The van der Waals surface area contributed by atoms with E-state index in [1.54, 1.807) is 25.2 Å². The number of rotatable bonds is 4. The van der Waals surface area contributed by atoms with Crippen LogP contribution in [0.5, 0.6) is 0 Å². The Morgan fingerprint density at radius 2 is 1.81 bits per heavy atom. The van der Waals surface area contributed by atoms with Gasteiger partial charge in [-0.25, -0.2) is 0 Å². The molecule has 21 heavy (non-hydrogen) atoms. The first-order chi connectivity index (χ1) is 10.0. The van der Waals surface area contributed by atoms with E-state index in [9.17, 15) is 4.79 Å². The van der Waals surface area contributed by atoms with Crippen LogP contribution in [0.1, 0.15) is 10.4 Å². The molecule has 5 heteroatoms. The Morgan fingerprint density at radius 3 is 2.48 bits per heavy atom. The van der Waals surface area contributed by atoms with E-state index >= 15 is 0 Å². The number of benzene rings is 2.